The van der Waals surface area contributed by atoms with Crippen LogP contribution in [0.1, 0.15) is 28.2 Å². The van der Waals surface area contributed by atoms with Crippen molar-refractivity contribution in [2.24, 2.45) is 10.1 Å². The Morgan fingerprint density at radius 2 is 1.37 bits per heavy atom. The predicted octanol–water partition coefficient (Wildman–Crippen LogP) is 6.92. The average molecular weight is 455 g/mol. The number of nitrogens with one attached hydrogen (secondary N) is 1. The highest BCUT2D eigenvalue weighted by Gasteiger charge is 2.27. The molecule has 0 bridgehead atoms. The van der Waals surface area contributed by atoms with E-state index < -0.39 is 0 Å². The van der Waals surface area contributed by atoms with Crippen molar-refractivity contribution < 1.29 is 4.79 Å². The van der Waals surface area contributed by atoms with E-state index in [0.717, 1.165) is 45.0 Å². The molecule has 168 valence electrons. The largest absolute Gasteiger partial charge is 0.346 e. The van der Waals surface area contributed by atoms with Gasteiger partial charge in [0.25, 0.3) is 0 Å². The molecule has 0 radical (unpaired) electrons. The summed E-state index contributed by atoms with van der Waals surface area (Å²) in [6.07, 6.45) is 5.83. The third-order valence-corrected chi connectivity index (χ3v) is 6.26. The van der Waals surface area contributed by atoms with Crippen molar-refractivity contribution in [3.05, 3.63) is 125 Å². The number of hydrogen-bond donors (Lipinski definition) is 1. The fraction of sp³-hybridized carbons (Fsp3) is 0.0333. The van der Waals surface area contributed by atoms with Gasteiger partial charge in [-0.2, -0.15) is 5.10 Å². The minimum absolute atomic E-state index is 0.153. The van der Waals surface area contributed by atoms with E-state index in [0.29, 0.717) is 0 Å². The van der Waals surface area contributed by atoms with Crippen LogP contribution < -0.4 is 10.3 Å². The van der Waals surface area contributed by atoms with Crippen molar-refractivity contribution in [2.75, 3.05) is 4.90 Å². The fourth-order valence-electron chi connectivity index (χ4n) is 4.61. The summed E-state index contributed by atoms with van der Waals surface area (Å²) in [5.41, 5.74) is 10.2. The maximum Gasteiger partial charge on any atom is 0.346 e. The molecule has 0 fully saturated rings. The monoisotopic (exact) mass is 454 g/mol. The molecule has 2 aliphatic rings. The van der Waals surface area contributed by atoms with Crippen molar-refractivity contribution >= 4 is 47.2 Å². The number of urea groups is 1. The topological polar surface area (TPSA) is 57.1 Å². The Labute approximate surface area is 203 Å². The first kappa shape index (κ1) is 20.8. The van der Waals surface area contributed by atoms with Gasteiger partial charge in [-0.25, -0.2) is 10.2 Å². The molecule has 0 aliphatic carbocycles. The van der Waals surface area contributed by atoms with Crippen molar-refractivity contribution in [1.82, 2.24) is 5.43 Å². The van der Waals surface area contributed by atoms with Crippen LogP contribution in [0.3, 0.4) is 0 Å². The highest BCUT2D eigenvalue weighted by molar-refractivity contribution is 6.17. The van der Waals surface area contributed by atoms with Crippen LogP contribution in [0.25, 0.3) is 12.2 Å². The lowest BCUT2D eigenvalue weighted by molar-refractivity contribution is 0.249. The lowest BCUT2D eigenvalue weighted by atomic mass is 9.93. The van der Waals surface area contributed by atoms with Crippen molar-refractivity contribution in [2.45, 2.75) is 5.92 Å². The number of aliphatic imine (C=N–C) groups is 1. The molecule has 4 aromatic rings. The Hall–Kier alpha value is -4.77. The molecule has 2 amide bonds. The predicted molar refractivity (Wildman–Crippen MR) is 143 cm³/mol. The van der Waals surface area contributed by atoms with Gasteiger partial charge in [0, 0.05) is 6.21 Å². The minimum atomic E-state index is -0.325. The van der Waals surface area contributed by atoms with Crippen LogP contribution >= 0.6 is 0 Å². The van der Waals surface area contributed by atoms with Gasteiger partial charge in [-0.3, -0.25) is 9.89 Å². The van der Waals surface area contributed by atoms with E-state index in [2.05, 4.69) is 16.6 Å². The van der Waals surface area contributed by atoms with Crippen LogP contribution in [0.15, 0.2) is 113 Å². The fourth-order valence-corrected chi connectivity index (χ4v) is 4.61. The Morgan fingerprint density at radius 3 is 2.09 bits per heavy atom. The summed E-state index contributed by atoms with van der Waals surface area (Å²) in [7, 11) is 0. The SMILES string of the molecule is O=C(NN=CC1C(c2ccccc2)=Nc2ccccc21)N1c2ccccc2C=Cc2ccccc21. The van der Waals surface area contributed by atoms with Gasteiger partial charge in [-0.1, -0.05) is 97.1 Å². The first-order chi connectivity index (χ1) is 17.3. The summed E-state index contributed by atoms with van der Waals surface area (Å²) < 4.78 is 0. The number of anilines is 2. The molecule has 2 heterocycles. The molecular weight excluding hydrogens is 432 g/mol. The lowest BCUT2D eigenvalue weighted by Gasteiger charge is -2.24. The quantitative estimate of drug-likeness (QED) is 0.265. The first-order valence-electron chi connectivity index (χ1n) is 11.5. The van der Waals surface area contributed by atoms with Gasteiger partial charge in [-0.05, 0) is 40.5 Å². The molecule has 1 unspecified atom stereocenters. The number of para-hydroxylation sites is 3. The van der Waals surface area contributed by atoms with Gasteiger partial charge in [0.1, 0.15) is 0 Å². The third kappa shape index (κ3) is 3.83. The van der Waals surface area contributed by atoms with E-state index in [1.54, 1.807) is 11.1 Å². The number of rotatable bonds is 3. The maximum atomic E-state index is 13.5. The molecule has 2 aliphatic heterocycles. The van der Waals surface area contributed by atoms with Gasteiger partial charge in [-0.15, -0.1) is 0 Å². The second-order valence-electron chi connectivity index (χ2n) is 8.38. The summed E-state index contributed by atoms with van der Waals surface area (Å²) in [5.74, 6) is -0.153. The van der Waals surface area contributed by atoms with Crippen LogP contribution in [0.5, 0.6) is 0 Å². The summed E-state index contributed by atoms with van der Waals surface area (Å²) in [4.78, 5) is 20.0. The standard InChI is InChI=1S/C30H22N4O/c35-30(34-27-16-8-4-10-21(27)18-19-22-11-5-9-17-28(22)34)33-31-20-25-24-14-6-7-15-26(24)32-29(25)23-12-2-1-3-13-23/h1-20,25H,(H,33,35). The van der Waals surface area contributed by atoms with Crippen LogP contribution in [-0.4, -0.2) is 18.0 Å². The van der Waals surface area contributed by atoms with Crippen molar-refractivity contribution in [1.29, 1.82) is 0 Å². The molecule has 1 atom stereocenters. The second kappa shape index (κ2) is 8.88. The Balaban J connectivity index is 1.31. The van der Waals surface area contributed by atoms with E-state index >= 15 is 0 Å². The summed E-state index contributed by atoms with van der Waals surface area (Å²) in [5, 5.41) is 4.41. The Bertz CT molecular complexity index is 1450. The third-order valence-electron chi connectivity index (χ3n) is 6.26. The molecule has 5 nitrogen and oxygen atoms in total. The summed E-state index contributed by atoms with van der Waals surface area (Å²) in [6, 6.07) is 33.5. The number of fused-ring (bicyclic) bond motifs is 3. The van der Waals surface area contributed by atoms with Gasteiger partial charge < -0.3 is 0 Å². The van der Waals surface area contributed by atoms with Crippen LogP contribution in [0, 0.1) is 0 Å². The lowest BCUT2D eigenvalue weighted by Crippen LogP contribution is -2.35. The summed E-state index contributed by atoms with van der Waals surface area (Å²) in [6.45, 7) is 0. The van der Waals surface area contributed by atoms with Gasteiger partial charge in [0.05, 0.1) is 28.7 Å². The Kier molecular flexibility index (Phi) is 5.28. The van der Waals surface area contributed by atoms with Crippen molar-refractivity contribution in [3.8, 4) is 0 Å². The van der Waals surface area contributed by atoms with E-state index in [-0.39, 0.29) is 11.9 Å². The molecule has 0 saturated carbocycles. The average Bonchev–Trinajstić information content (AvgIpc) is 3.18. The smallest absolute Gasteiger partial charge is 0.260 e. The molecule has 1 N–H and O–H groups in total. The number of amides is 2. The number of benzene rings is 4. The number of carbonyl (C=O) groups is 1. The molecular formula is C30H22N4O. The highest BCUT2D eigenvalue weighted by atomic mass is 16.2. The minimum Gasteiger partial charge on any atom is -0.260 e. The maximum absolute atomic E-state index is 13.5. The second-order valence-corrected chi connectivity index (χ2v) is 8.38. The van der Waals surface area contributed by atoms with Gasteiger partial charge in [0.2, 0.25) is 0 Å². The molecule has 6 rings (SSSR count). The van der Waals surface area contributed by atoms with Crippen molar-refractivity contribution in [3.63, 3.8) is 0 Å². The Morgan fingerprint density at radius 1 is 0.771 bits per heavy atom. The molecule has 0 aromatic heterocycles. The van der Waals surface area contributed by atoms with E-state index in [4.69, 9.17) is 4.99 Å². The normalized spacial score (nSPS) is 15.7. The van der Waals surface area contributed by atoms with E-state index in [9.17, 15) is 4.79 Å². The molecule has 35 heavy (non-hydrogen) atoms. The first-order valence-corrected chi connectivity index (χ1v) is 11.5. The zero-order chi connectivity index (χ0) is 23.6. The van der Waals surface area contributed by atoms with Gasteiger partial charge in [0.15, 0.2) is 0 Å². The molecule has 0 saturated heterocycles. The number of hydrazone groups is 1. The zero-order valence-electron chi connectivity index (χ0n) is 18.9. The van der Waals surface area contributed by atoms with Gasteiger partial charge >= 0.3 is 6.03 Å². The number of hydrogen-bond acceptors (Lipinski definition) is 3. The van der Waals surface area contributed by atoms with E-state index in [1.165, 1.54) is 0 Å². The van der Waals surface area contributed by atoms with Crippen LogP contribution in [0.4, 0.5) is 21.9 Å². The number of nitrogens with zero attached hydrogens (tertiary/aromatic N) is 3. The molecule has 0 spiro atoms. The summed E-state index contributed by atoms with van der Waals surface area (Å²) >= 11 is 0. The van der Waals surface area contributed by atoms with Crippen LogP contribution in [0.2, 0.25) is 0 Å². The zero-order valence-corrected chi connectivity index (χ0v) is 18.9. The van der Waals surface area contributed by atoms with E-state index in [1.807, 2.05) is 109 Å². The molecule has 5 heteroatoms. The number of carbonyl (C=O) groups excluding carboxylic acids is 1. The molecule has 4 aromatic carbocycles. The van der Waals surface area contributed by atoms with Crippen LogP contribution in [-0.2, 0) is 0 Å². The highest BCUT2D eigenvalue weighted by Crippen LogP contribution is 2.37.